The summed E-state index contributed by atoms with van der Waals surface area (Å²) in [5, 5.41) is 0. The molecule has 1 saturated heterocycles. The summed E-state index contributed by atoms with van der Waals surface area (Å²) in [7, 11) is 1.67. The highest BCUT2D eigenvalue weighted by Gasteiger charge is 2.31. The third kappa shape index (κ3) is 4.13. The number of amides is 1. The highest BCUT2D eigenvalue weighted by molar-refractivity contribution is 9.10. The van der Waals surface area contributed by atoms with Crippen molar-refractivity contribution in [1.29, 1.82) is 0 Å². The van der Waals surface area contributed by atoms with Crippen LogP contribution < -0.4 is 4.74 Å². The molecule has 1 amide bonds. The molecule has 0 spiro atoms. The number of likely N-dealkylation sites (tertiary alicyclic amines) is 1. The number of carbonyl (C=O) groups excluding carboxylic acids is 1. The van der Waals surface area contributed by atoms with Crippen LogP contribution in [0.25, 0.3) is 0 Å². The van der Waals surface area contributed by atoms with E-state index < -0.39 is 5.60 Å². The first-order valence-corrected chi connectivity index (χ1v) is 7.91. The number of hydrogen-bond donors (Lipinski definition) is 0. The van der Waals surface area contributed by atoms with Gasteiger partial charge in [0.1, 0.15) is 11.4 Å². The number of nitrogens with zero attached hydrogens (tertiary/aromatic N) is 1. The predicted octanol–water partition coefficient (Wildman–Crippen LogP) is 4.18. The molecular formula is C16H22BrNO3. The van der Waals surface area contributed by atoms with Crippen molar-refractivity contribution in [2.45, 2.75) is 38.7 Å². The Morgan fingerprint density at radius 1 is 1.38 bits per heavy atom. The van der Waals surface area contributed by atoms with E-state index in [0.717, 1.165) is 28.8 Å². The average Bonchev–Trinajstić information content (AvgIpc) is 2.86. The molecule has 21 heavy (non-hydrogen) atoms. The number of halogens is 1. The van der Waals surface area contributed by atoms with Crippen LogP contribution in [0.4, 0.5) is 4.79 Å². The van der Waals surface area contributed by atoms with Gasteiger partial charge in [-0.15, -0.1) is 0 Å². The van der Waals surface area contributed by atoms with Gasteiger partial charge in [-0.1, -0.05) is 22.0 Å². The second kappa shape index (κ2) is 6.26. The minimum Gasteiger partial charge on any atom is -0.496 e. The quantitative estimate of drug-likeness (QED) is 0.798. The summed E-state index contributed by atoms with van der Waals surface area (Å²) in [5.41, 5.74) is 0.691. The zero-order valence-electron chi connectivity index (χ0n) is 13.0. The van der Waals surface area contributed by atoms with Crippen molar-refractivity contribution in [3.63, 3.8) is 0 Å². The fraction of sp³-hybridized carbons (Fsp3) is 0.562. The highest BCUT2D eigenvalue weighted by Crippen LogP contribution is 2.35. The summed E-state index contributed by atoms with van der Waals surface area (Å²) >= 11 is 3.45. The van der Waals surface area contributed by atoms with Crippen molar-refractivity contribution in [1.82, 2.24) is 4.90 Å². The zero-order valence-corrected chi connectivity index (χ0v) is 14.6. The first kappa shape index (κ1) is 16.1. The van der Waals surface area contributed by atoms with Crippen LogP contribution in [0.1, 0.15) is 38.7 Å². The lowest BCUT2D eigenvalue weighted by atomic mass is 9.97. The Morgan fingerprint density at radius 3 is 2.71 bits per heavy atom. The van der Waals surface area contributed by atoms with Gasteiger partial charge in [0.15, 0.2) is 0 Å². The van der Waals surface area contributed by atoms with E-state index in [1.165, 1.54) is 0 Å². The first-order valence-electron chi connectivity index (χ1n) is 7.11. The molecule has 1 heterocycles. The van der Waals surface area contributed by atoms with Gasteiger partial charge in [0.05, 0.1) is 7.11 Å². The monoisotopic (exact) mass is 355 g/mol. The van der Waals surface area contributed by atoms with Gasteiger partial charge in [-0.2, -0.15) is 0 Å². The Hall–Kier alpha value is -1.23. The SMILES string of the molecule is COc1cc(Br)ccc1[C@H]1CCN(C(=O)OC(C)(C)C)C1. The molecule has 1 aliphatic rings. The van der Waals surface area contributed by atoms with Gasteiger partial charge in [-0.3, -0.25) is 0 Å². The molecule has 1 aliphatic heterocycles. The molecule has 0 N–H and O–H groups in total. The van der Waals surface area contributed by atoms with Crippen molar-refractivity contribution < 1.29 is 14.3 Å². The molecule has 2 rings (SSSR count). The topological polar surface area (TPSA) is 38.8 Å². The molecule has 5 heteroatoms. The molecule has 1 aromatic carbocycles. The Morgan fingerprint density at radius 2 is 2.10 bits per heavy atom. The van der Waals surface area contributed by atoms with E-state index in [4.69, 9.17) is 9.47 Å². The Balaban J connectivity index is 2.07. The molecular weight excluding hydrogens is 334 g/mol. The fourth-order valence-corrected chi connectivity index (χ4v) is 2.87. The lowest BCUT2D eigenvalue weighted by Crippen LogP contribution is -2.35. The smallest absolute Gasteiger partial charge is 0.410 e. The summed E-state index contributed by atoms with van der Waals surface area (Å²) < 4.78 is 11.9. The van der Waals surface area contributed by atoms with Gasteiger partial charge < -0.3 is 14.4 Å². The van der Waals surface area contributed by atoms with Crippen molar-refractivity contribution >= 4 is 22.0 Å². The molecule has 116 valence electrons. The molecule has 0 radical (unpaired) electrons. The van der Waals surface area contributed by atoms with Gasteiger partial charge in [0, 0.05) is 23.5 Å². The Labute approximate surface area is 134 Å². The Bertz CT molecular complexity index is 525. The lowest BCUT2D eigenvalue weighted by molar-refractivity contribution is 0.0292. The Kier molecular flexibility index (Phi) is 4.81. The zero-order chi connectivity index (χ0) is 15.6. The van der Waals surface area contributed by atoms with Crippen molar-refractivity contribution in [2.24, 2.45) is 0 Å². The van der Waals surface area contributed by atoms with Gasteiger partial charge in [-0.05, 0) is 44.9 Å². The maximum atomic E-state index is 12.1. The van der Waals surface area contributed by atoms with E-state index in [1.54, 1.807) is 12.0 Å². The van der Waals surface area contributed by atoms with Crippen LogP contribution in [0.15, 0.2) is 22.7 Å². The average molecular weight is 356 g/mol. The minimum absolute atomic E-state index is 0.235. The summed E-state index contributed by atoms with van der Waals surface area (Å²) in [4.78, 5) is 13.9. The standard InChI is InChI=1S/C16H22BrNO3/c1-16(2,3)21-15(19)18-8-7-11(10-18)13-6-5-12(17)9-14(13)20-4/h5-6,9,11H,7-8,10H2,1-4H3/t11-/m0/s1. The third-order valence-corrected chi connectivity index (χ3v) is 3.97. The first-order chi connectivity index (χ1) is 9.80. The summed E-state index contributed by atoms with van der Waals surface area (Å²) in [6, 6.07) is 6.03. The molecule has 1 atom stereocenters. The normalized spacial score (nSPS) is 18.7. The van der Waals surface area contributed by atoms with Crippen molar-refractivity contribution in [3.05, 3.63) is 28.2 Å². The van der Waals surface area contributed by atoms with E-state index >= 15 is 0 Å². The second-order valence-corrected chi connectivity index (χ2v) is 7.21. The fourth-order valence-electron chi connectivity index (χ4n) is 2.53. The number of carbonyl (C=O) groups is 1. The maximum absolute atomic E-state index is 12.1. The van der Waals surface area contributed by atoms with E-state index in [9.17, 15) is 4.79 Å². The van der Waals surface area contributed by atoms with Gasteiger partial charge in [0.2, 0.25) is 0 Å². The highest BCUT2D eigenvalue weighted by atomic mass is 79.9. The number of methoxy groups -OCH3 is 1. The van der Waals surface area contributed by atoms with E-state index in [0.29, 0.717) is 12.5 Å². The molecule has 1 aromatic rings. The van der Waals surface area contributed by atoms with Crippen LogP contribution in [0.5, 0.6) is 5.75 Å². The van der Waals surface area contributed by atoms with Crippen LogP contribution in [0.3, 0.4) is 0 Å². The molecule has 0 aromatic heterocycles. The predicted molar refractivity (Wildman–Crippen MR) is 85.9 cm³/mol. The maximum Gasteiger partial charge on any atom is 0.410 e. The van der Waals surface area contributed by atoms with E-state index in [1.807, 2.05) is 32.9 Å². The number of benzene rings is 1. The largest absolute Gasteiger partial charge is 0.496 e. The molecule has 0 aliphatic carbocycles. The van der Waals surface area contributed by atoms with Gasteiger partial charge in [0.25, 0.3) is 0 Å². The number of rotatable bonds is 2. The van der Waals surface area contributed by atoms with Crippen LogP contribution in [-0.4, -0.2) is 36.8 Å². The molecule has 0 saturated carbocycles. The van der Waals surface area contributed by atoms with E-state index in [2.05, 4.69) is 22.0 Å². The van der Waals surface area contributed by atoms with Crippen molar-refractivity contribution in [3.8, 4) is 5.75 Å². The van der Waals surface area contributed by atoms with Crippen molar-refractivity contribution in [2.75, 3.05) is 20.2 Å². The number of ether oxygens (including phenoxy) is 2. The minimum atomic E-state index is -0.454. The van der Waals surface area contributed by atoms with Crippen LogP contribution in [0.2, 0.25) is 0 Å². The third-order valence-electron chi connectivity index (χ3n) is 3.48. The van der Waals surface area contributed by atoms with Crippen LogP contribution in [-0.2, 0) is 4.74 Å². The summed E-state index contributed by atoms with van der Waals surface area (Å²) in [6.07, 6.45) is 0.693. The molecule has 4 nitrogen and oxygen atoms in total. The molecule has 1 fully saturated rings. The second-order valence-electron chi connectivity index (χ2n) is 6.30. The van der Waals surface area contributed by atoms with Crippen LogP contribution in [0, 0.1) is 0 Å². The summed E-state index contributed by atoms with van der Waals surface area (Å²) in [5.74, 6) is 1.15. The molecule has 0 bridgehead atoms. The van der Waals surface area contributed by atoms with Gasteiger partial charge in [-0.25, -0.2) is 4.79 Å². The number of hydrogen-bond acceptors (Lipinski definition) is 3. The summed E-state index contributed by atoms with van der Waals surface area (Å²) in [6.45, 7) is 7.05. The molecule has 0 unspecified atom stereocenters. The van der Waals surface area contributed by atoms with E-state index in [-0.39, 0.29) is 6.09 Å². The lowest BCUT2D eigenvalue weighted by Gasteiger charge is -2.24. The van der Waals surface area contributed by atoms with Crippen LogP contribution >= 0.6 is 15.9 Å². The van der Waals surface area contributed by atoms with Gasteiger partial charge >= 0.3 is 6.09 Å².